The third kappa shape index (κ3) is 4.87. The molecule has 2 fully saturated rings. The molecule has 1 amide bonds. The quantitative estimate of drug-likeness (QED) is 0.864. The van der Waals surface area contributed by atoms with Gasteiger partial charge in [0.2, 0.25) is 0 Å². The molecular formula is C18H23F3N2O2. The van der Waals surface area contributed by atoms with E-state index in [2.05, 4.69) is 15.4 Å². The van der Waals surface area contributed by atoms with E-state index < -0.39 is 18.0 Å². The van der Waals surface area contributed by atoms with Gasteiger partial charge in [0, 0.05) is 6.04 Å². The van der Waals surface area contributed by atoms with Crippen LogP contribution in [-0.4, -0.2) is 31.4 Å². The fourth-order valence-corrected chi connectivity index (χ4v) is 3.68. The van der Waals surface area contributed by atoms with Gasteiger partial charge in [0.15, 0.2) is 0 Å². The van der Waals surface area contributed by atoms with E-state index in [1.54, 1.807) is 6.07 Å². The zero-order chi connectivity index (χ0) is 17.9. The third-order valence-corrected chi connectivity index (χ3v) is 4.98. The van der Waals surface area contributed by atoms with Gasteiger partial charge < -0.3 is 15.4 Å². The maximum Gasteiger partial charge on any atom is 0.573 e. The van der Waals surface area contributed by atoms with Crippen molar-refractivity contribution in [1.29, 1.82) is 0 Å². The highest BCUT2D eigenvalue weighted by Crippen LogP contribution is 2.33. The van der Waals surface area contributed by atoms with E-state index in [1.807, 2.05) is 0 Å². The van der Waals surface area contributed by atoms with Gasteiger partial charge >= 0.3 is 6.36 Å². The van der Waals surface area contributed by atoms with Crippen molar-refractivity contribution < 1.29 is 22.7 Å². The smallest absolute Gasteiger partial charge is 0.405 e. The van der Waals surface area contributed by atoms with Gasteiger partial charge in [-0.1, -0.05) is 18.9 Å². The molecule has 0 bridgehead atoms. The van der Waals surface area contributed by atoms with Gasteiger partial charge in [-0.2, -0.15) is 0 Å². The van der Waals surface area contributed by atoms with Crippen molar-refractivity contribution in [3.05, 3.63) is 29.3 Å². The summed E-state index contributed by atoms with van der Waals surface area (Å²) < 4.78 is 42.6. The Bertz CT molecular complexity index is 607. The van der Waals surface area contributed by atoms with Crippen LogP contribution in [0.5, 0.6) is 5.75 Å². The number of nitrogens with one attached hydrogen (secondary N) is 2. The van der Waals surface area contributed by atoms with Crippen LogP contribution in [0.4, 0.5) is 13.2 Å². The summed E-state index contributed by atoms with van der Waals surface area (Å²) in [5, 5.41) is 6.06. The van der Waals surface area contributed by atoms with E-state index in [0.29, 0.717) is 0 Å². The Labute approximate surface area is 145 Å². The molecule has 0 radical (unpaired) electrons. The van der Waals surface area contributed by atoms with Gasteiger partial charge in [-0.25, -0.2) is 0 Å². The normalized spacial score (nSPS) is 19.8. The highest BCUT2D eigenvalue weighted by molar-refractivity contribution is 5.97. The van der Waals surface area contributed by atoms with Crippen molar-refractivity contribution in [3.63, 3.8) is 0 Å². The van der Waals surface area contributed by atoms with Gasteiger partial charge in [0.05, 0.1) is 5.56 Å². The molecule has 7 heteroatoms. The van der Waals surface area contributed by atoms with E-state index in [9.17, 15) is 18.0 Å². The van der Waals surface area contributed by atoms with E-state index in [4.69, 9.17) is 0 Å². The number of benzene rings is 1. The molecule has 2 N–H and O–H groups in total. The third-order valence-electron chi connectivity index (χ3n) is 4.98. The summed E-state index contributed by atoms with van der Waals surface area (Å²) in [5.74, 6) is -0.717. The van der Waals surface area contributed by atoms with Crippen LogP contribution in [0, 0.1) is 0 Å². The van der Waals surface area contributed by atoms with Crippen molar-refractivity contribution >= 4 is 5.91 Å². The number of ether oxygens (including phenoxy) is 1. The average molecular weight is 356 g/mol. The highest BCUT2D eigenvalue weighted by Gasteiger charge is 2.34. The van der Waals surface area contributed by atoms with Gasteiger partial charge in [-0.05, 0) is 62.4 Å². The van der Waals surface area contributed by atoms with Crippen LogP contribution in [0.2, 0.25) is 0 Å². The molecule has 0 atom stereocenters. The molecule has 0 spiro atoms. The molecule has 25 heavy (non-hydrogen) atoms. The first-order valence-electron chi connectivity index (χ1n) is 8.83. The fourth-order valence-electron chi connectivity index (χ4n) is 3.68. The van der Waals surface area contributed by atoms with Crippen molar-refractivity contribution in [2.24, 2.45) is 0 Å². The zero-order valence-electron chi connectivity index (χ0n) is 14.0. The lowest BCUT2D eigenvalue weighted by Crippen LogP contribution is -2.33. The SMILES string of the molecule is O=C(NC1CCCC1)c1ccc(C2CCNCC2)cc1OC(F)(F)F. The molecule has 1 aromatic rings. The molecule has 1 aliphatic carbocycles. The topological polar surface area (TPSA) is 50.4 Å². The van der Waals surface area contributed by atoms with Crippen LogP contribution in [0.3, 0.4) is 0 Å². The average Bonchev–Trinajstić information content (AvgIpc) is 3.07. The summed E-state index contributed by atoms with van der Waals surface area (Å²) in [6.07, 6.45) is 0.701. The minimum atomic E-state index is -4.82. The molecule has 1 saturated heterocycles. The van der Waals surface area contributed by atoms with Crippen molar-refractivity contribution in [3.8, 4) is 5.75 Å². The van der Waals surface area contributed by atoms with E-state index in [-0.39, 0.29) is 17.5 Å². The van der Waals surface area contributed by atoms with Crippen LogP contribution < -0.4 is 15.4 Å². The largest absolute Gasteiger partial charge is 0.573 e. The molecule has 1 saturated carbocycles. The summed E-state index contributed by atoms with van der Waals surface area (Å²) >= 11 is 0. The number of halogens is 3. The maximum absolute atomic E-state index is 12.8. The first-order valence-corrected chi connectivity index (χ1v) is 8.83. The van der Waals surface area contributed by atoms with Crippen LogP contribution >= 0.6 is 0 Å². The van der Waals surface area contributed by atoms with Gasteiger partial charge in [0.25, 0.3) is 5.91 Å². The van der Waals surface area contributed by atoms with Crippen molar-refractivity contribution in [2.75, 3.05) is 13.1 Å². The summed E-state index contributed by atoms with van der Waals surface area (Å²) in [5.41, 5.74) is 0.736. The number of hydrogen-bond acceptors (Lipinski definition) is 3. The van der Waals surface area contributed by atoms with Crippen LogP contribution in [0.1, 0.15) is 60.4 Å². The lowest BCUT2D eigenvalue weighted by atomic mass is 9.89. The van der Waals surface area contributed by atoms with Crippen LogP contribution in [0.15, 0.2) is 18.2 Å². The standard InChI is InChI=1S/C18H23F3N2O2/c19-18(20,21)25-16-11-13(12-7-9-22-10-8-12)5-6-15(16)17(24)23-14-3-1-2-4-14/h5-6,11-12,14,22H,1-4,7-10H2,(H,23,24). The summed E-state index contributed by atoms with van der Waals surface area (Å²) in [6.45, 7) is 1.67. The first-order chi connectivity index (χ1) is 11.9. The number of rotatable bonds is 4. The van der Waals surface area contributed by atoms with Crippen molar-refractivity contribution in [1.82, 2.24) is 10.6 Å². The molecule has 1 aliphatic heterocycles. The predicted octanol–water partition coefficient (Wildman–Crippen LogP) is 3.72. The minimum Gasteiger partial charge on any atom is -0.405 e. The van der Waals surface area contributed by atoms with Crippen LogP contribution in [0.25, 0.3) is 0 Å². The van der Waals surface area contributed by atoms with E-state index in [1.165, 1.54) is 12.1 Å². The number of hydrogen-bond donors (Lipinski definition) is 2. The van der Waals surface area contributed by atoms with E-state index >= 15 is 0 Å². The maximum atomic E-state index is 12.8. The monoisotopic (exact) mass is 356 g/mol. The molecule has 1 heterocycles. The Hall–Kier alpha value is -1.76. The second-order valence-corrected chi connectivity index (χ2v) is 6.78. The fraction of sp³-hybridized carbons (Fsp3) is 0.611. The second kappa shape index (κ2) is 7.64. The summed E-state index contributed by atoms with van der Waals surface area (Å²) in [6, 6.07) is 4.63. The first kappa shape index (κ1) is 18.0. The van der Waals surface area contributed by atoms with Crippen LogP contribution in [-0.2, 0) is 0 Å². The van der Waals surface area contributed by atoms with Gasteiger partial charge in [0.1, 0.15) is 5.75 Å². The molecule has 0 aromatic heterocycles. The predicted molar refractivity (Wildman–Crippen MR) is 87.7 cm³/mol. The number of carbonyl (C=O) groups is 1. The molecule has 3 rings (SSSR count). The molecule has 0 unspecified atom stereocenters. The molecular weight excluding hydrogens is 333 g/mol. The minimum absolute atomic E-state index is 0.0373. The molecule has 2 aliphatic rings. The number of carbonyl (C=O) groups excluding carboxylic acids is 1. The summed E-state index contributed by atoms with van der Waals surface area (Å²) in [7, 11) is 0. The highest BCUT2D eigenvalue weighted by atomic mass is 19.4. The Kier molecular flexibility index (Phi) is 5.51. The van der Waals surface area contributed by atoms with Gasteiger partial charge in [-0.15, -0.1) is 13.2 Å². The Balaban J connectivity index is 1.83. The lowest BCUT2D eigenvalue weighted by molar-refractivity contribution is -0.274. The zero-order valence-corrected chi connectivity index (χ0v) is 14.0. The van der Waals surface area contributed by atoms with E-state index in [0.717, 1.165) is 57.2 Å². The van der Waals surface area contributed by atoms with Gasteiger partial charge in [-0.3, -0.25) is 4.79 Å². The Morgan fingerprint density at radius 3 is 2.44 bits per heavy atom. The Morgan fingerprint density at radius 1 is 1.12 bits per heavy atom. The number of amides is 1. The molecule has 138 valence electrons. The second-order valence-electron chi connectivity index (χ2n) is 6.78. The molecule has 4 nitrogen and oxygen atoms in total. The summed E-state index contributed by atoms with van der Waals surface area (Å²) in [4.78, 5) is 12.4. The number of alkyl halides is 3. The Morgan fingerprint density at radius 2 is 1.80 bits per heavy atom. The number of piperidine rings is 1. The van der Waals surface area contributed by atoms with Crippen molar-refractivity contribution in [2.45, 2.75) is 56.8 Å². The molecule has 1 aromatic carbocycles. The lowest BCUT2D eigenvalue weighted by Gasteiger charge is -2.24.